The Morgan fingerprint density at radius 2 is 1.90 bits per heavy atom. The van der Waals surface area contributed by atoms with Crippen LogP contribution >= 0.6 is 24.0 Å². The molecule has 0 aromatic heterocycles. The highest BCUT2D eigenvalue weighted by Crippen LogP contribution is 2.02. The highest BCUT2D eigenvalue weighted by molar-refractivity contribution is 14.0. The van der Waals surface area contributed by atoms with Crippen LogP contribution in [-0.4, -0.2) is 19.0 Å². The lowest BCUT2D eigenvalue weighted by atomic mass is 10.1. The van der Waals surface area contributed by atoms with E-state index in [2.05, 4.69) is 17.2 Å². The largest absolute Gasteiger partial charge is 0.370 e. The standard InChI is InChI=1S/C15H24FN3.HI/c1-2-3-4-5-11-18-15(17)19-12-10-13-6-8-14(16)9-7-13;/h6-9H,2-5,10-12H2,1H3,(H3,17,18,19);1H. The molecule has 5 heteroatoms. The van der Waals surface area contributed by atoms with E-state index in [1.165, 1.54) is 31.4 Å². The van der Waals surface area contributed by atoms with Crippen LogP contribution in [0.2, 0.25) is 0 Å². The van der Waals surface area contributed by atoms with Crippen molar-refractivity contribution in [1.82, 2.24) is 5.32 Å². The summed E-state index contributed by atoms with van der Waals surface area (Å²) in [6, 6.07) is 6.52. The zero-order valence-electron chi connectivity index (χ0n) is 12.1. The highest BCUT2D eigenvalue weighted by atomic mass is 127. The van der Waals surface area contributed by atoms with E-state index in [4.69, 9.17) is 5.73 Å². The first-order chi connectivity index (χ1) is 9.22. The van der Waals surface area contributed by atoms with Crippen LogP contribution in [0, 0.1) is 5.82 Å². The summed E-state index contributed by atoms with van der Waals surface area (Å²) < 4.78 is 12.7. The summed E-state index contributed by atoms with van der Waals surface area (Å²) in [6.45, 7) is 3.69. The first-order valence-corrected chi connectivity index (χ1v) is 7.00. The summed E-state index contributed by atoms with van der Waals surface area (Å²) in [5.41, 5.74) is 6.84. The van der Waals surface area contributed by atoms with E-state index in [0.29, 0.717) is 5.96 Å². The summed E-state index contributed by atoms with van der Waals surface area (Å²) in [7, 11) is 0. The molecule has 0 saturated heterocycles. The Labute approximate surface area is 138 Å². The van der Waals surface area contributed by atoms with Crippen molar-refractivity contribution in [3.05, 3.63) is 35.6 Å². The van der Waals surface area contributed by atoms with E-state index in [9.17, 15) is 4.39 Å². The lowest BCUT2D eigenvalue weighted by Crippen LogP contribution is -2.33. The normalized spacial score (nSPS) is 11.0. The Bertz CT molecular complexity index is 379. The summed E-state index contributed by atoms with van der Waals surface area (Å²) >= 11 is 0. The Morgan fingerprint density at radius 3 is 2.55 bits per heavy atom. The Kier molecular flexibility index (Phi) is 11.4. The molecule has 0 atom stereocenters. The molecule has 0 aliphatic carbocycles. The second-order valence-electron chi connectivity index (χ2n) is 4.63. The van der Waals surface area contributed by atoms with E-state index in [-0.39, 0.29) is 29.8 Å². The van der Waals surface area contributed by atoms with Crippen molar-refractivity contribution in [2.24, 2.45) is 10.7 Å². The number of guanidine groups is 1. The second kappa shape index (κ2) is 11.9. The minimum Gasteiger partial charge on any atom is -0.370 e. The van der Waals surface area contributed by atoms with Crippen LogP contribution in [0.4, 0.5) is 4.39 Å². The van der Waals surface area contributed by atoms with Gasteiger partial charge in [0.1, 0.15) is 5.82 Å². The third-order valence-corrected chi connectivity index (χ3v) is 2.93. The smallest absolute Gasteiger partial charge is 0.188 e. The molecule has 0 spiro atoms. The van der Waals surface area contributed by atoms with Crippen molar-refractivity contribution >= 4 is 29.9 Å². The van der Waals surface area contributed by atoms with E-state index in [0.717, 1.165) is 31.5 Å². The Hall–Kier alpha value is -0.850. The van der Waals surface area contributed by atoms with Gasteiger partial charge in [-0.2, -0.15) is 0 Å². The lowest BCUT2D eigenvalue weighted by Gasteiger charge is -2.05. The predicted molar refractivity (Wildman–Crippen MR) is 94.2 cm³/mol. The van der Waals surface area contributed by atoms with Crippen LogP contribution in [0.15, 0.2) is 29.3 Å². The van der Waals surface area contributed by atoms with Gasteiger partial charge in [-0.1, -0.05) is 38.3 Å². The van der Waals surface area contributed by atoms with Gasteiger partial charge < -0.3 is 11.1 Å². The highest BCUT2D eigenvalue weighted by Gasteiger charge is 1.95. The van der Waals surface area contributed by atoms with E-state index < -0.39 is 0 Å². The molecule has 1 aromatic carbocycles. The fraction of sp³-hybridized carbons (Fsp3) is 0.533. The van der Waals surface area contributed by atoms with Gasteiger partial charge in [-0.3, -0.25) is 4.99 Å². The number of halogens is 2. The maximum atomic E-state index is 12.7. The number of rotatable bonds is 8. The van der Waals surface area contributed by atoms with Gasteiger partial charge >= 0.3 is 0 Å². The van der Waals surface area contributed by atoms with Crippen molar-refractivity contribution in [2.45, 2.75) is 39.0 Å². The molecular formula is C15H25FIN3. The average Bonchev–Trinajstić information content (AvgIpc) is 2.41. The van der Waals surface area contributed by atoms with E-state index in [1.807, 2.05) is 0 Å². The average molecular weight is 393 g/mol. The SMILES string of the molecule is CCCCCCN=C(N)NCCc1ccc(F)cc1.I. The number of nitrogens with one attached hydrogen (secondary N) is 1. The van der Waals surface area contributed by atoms with Gasteiger partial charge in [0.25, 0.3) is 0 Å². The van der Waals surface area contributed by atoms with E-state index >= 15 is 0 Å². The van der Waals surface area contributed by atoms with E-state index in [1.54, 1.807) is 12.1 Å². The first-order valence-electron chi connectivity index (χ1n) is 7.00. The molecule has 3 nitrogen and oxygen atoms in total. The van der Waals surface area contributed by atoms with Crippen LogP contribution in [0.3, 0.4) is 0 Å². The van der Waals surface area contributed by atoms with Crippen molar-refractivity contribution in [3.63, 3.8) is 0 Å². The predicted octanol–water partition coefficient (Wildman–Crippen LogP) is 3.47. The molecule has 0 aliphatic heterocycles. The summed E-state index contributed by atoms with van der Waals surface area (Å²) in [5, 5.41) is 3.07. The van der Waals surface area contributed by atoms with Crippen molar-refractivity contribution < 1.29 is 4.39 Å². The molecule has 0 bridgehead atoms. The number of benzene rings is 1. The van der Waals surface area contributed by atoms with Gasteiger partial charge in [0.15, 0.2) is 5.96 Å². The molecule has 0 radical (unpaired) electrons. The lowest BCUT2D eigenvalue weighted by molar-refractivity contribution is 0.627. The minimum atomic E-state index is -0.204. The second-order valence-corrected chi connectivity index (χ2v) is 4.63. The topological polar surface area (TPSA) is 50.4 Å². The fourth-order valence-electron chi connectivity index (χ4n) is 1.78. The van der Waals surface area contributed by atoms with Crippen LogP contribution in [0.5, 0.6) is 0 Å². The molecule has 1 aromatic rings. The van der Waals surface area contributed by atoms with Crippen LogP contribution in [0.25, 0.3) is 0 Å². The molecule has 20 heavy (non-hydrogen) atoms. The maximum absolute atomic E-state index is 12.7. The van der Waals surface area contributed by atoms with Gasteiger partial charge in [0.05, 0.1) is 0 Å². The molecule has 3 N–H and O–H groups in total. The Balaban J connectivity index is 0.00000361. The third kappa shape index (κ3) is 9.12. The van der Waals surface area contributed by atoms with Crippen molar-refractivity contribution in [1.29, 1.82) is 0 Å². The quantitative estimate of drug-likeness (QED) is 0.308. The third-order valence-electron chi connectivity index (χ3n) is 2.93. The van der Waals surface area contributed by atoms with Gasteiger partial charge in [0, 0.05) is 13.1 Å². The van der Waals surface area contributed by atoms with Crippen LogP contribution in [0.1, 0.15) is 38.2 Å². The number of unbranched alkanes of at least 4 members (excludes halogenated alkanes) is 3. The van der Waals surface area contributed by atoms with Crippen molar-refractivity contribution in [3.8, 4) is 0 Å². The monoisotopic (exact) mass is 393 g/mol. The minimum absolute atomic E-state index is 0. The summed E-state index contributed by atoms with van der Waals surface area (Å²) in [4.78, 5) is 4.26. The number of hydrogen-bond donors (Lipinski definition) is 2. The number of hydrogen-bond acceptors (Lipinski definition) is 1. The summed E-state index contributed by atoms with van der Waals surface area (Å²) in [6.07, 6.45) is 5.60. The molecule has 0 saturated carbocycles. The zero-order chi connectivity index (χ0) is 13.9. The van der Waals surface area contributed by atoms with Crippen LogP contribution in [-0.2, 0) is 6.42 Å². The summed E-state index contributed by atoms with van der Waals surface area (Å²) in [5.74, 6) is 0.295. The molecule has 0 heterocycles. The van der Waals surface area contributed by atoms with Gasteiger partial charge in [-0.15, -0.1) is 24.0 Å². The zero-order valence-corrected chi connectivity index (χ0v) is 14.4. The molecule has 114 valence electrons. The molecule has 0 fully saturated rings. The molecule has 0 aliphatic rings. The van der Waals surface area contributed by atoms with Crippen molar-refractivity contribution in [2.75, 3.05) is 13.1 Å². The molecule has 0 amide bonds. The molecule has 1 rings (SSSR count). The fourth-order valence-corrected chi connectivity index (χ4v) is 1.78. The maximum Gasteiger partial charge on any atom is 0.188 e. The van der Waals surface area contributed by atoms with Gasteiger partial charge in [-0.25, -0.2) is 4.39 Å². The first kappa shape index (κ1) is 19.1. The van der Waals surface area contributed by atoms with Gasteiger partial charge in [0.2, 0.25) is 0 Å². The molecular weight excluding hydrogens is 368 g/mol. The van der Waals surface area contributed by atoms with Gasteiger partial charge in [-0.05, 0) is 30.5 Å². The number of nitrogens with zero attached hydrogens (tertiary/aromatic N) is 1. The van der Waals surface area contributed by atoms with Crippen LogP contribution < -0.4 is 11.1 Å². The number of nitrogens with two attached hydrogens (primary N) is 1. The molecule has 0 unspecified atom stereocenters. The Morgan fingerprint density at radius 1 is 1.20 bits per heavy atom. The number of aliphatic imine (C=N–C) groups is 1.